The minimum atomic E-state index is -0.0996. The Hall–Kier alpha value is -3.09. The van der Waals surface area contributed by atoms with Gasteiger partial charge in [-0.3, -0.25) is 0 Å². The topological polar surface area (TPSA) is 63.3 Å². The molecular formula is C20H25N3O4. The van der Waals surface area contributed by atoms with E-state index in [1.807, 2.05) is 47.4 Å². The predicted octanol–water partition coefficient (Wildman–Crippen LogP) is 3.07. The van der Waals surface area contributed by atoms with Crippen molar-refractivity contribution in [3.05, 3.63) is 42.5 Å². The molecule has 1 aliphatic rings. The Labute approximate surface area is 159 Å². The van der Waals surface area contributed by atoms with Crippen molar-refractivity contribution in [2.24, 2.45) is 0 Å². The molecule has 3 rings (SSSR count). The van der Waals surface area contributed by atoms with Crippen LogP contribution in [0.4, 0.5) is 16.2 Å². The maximum absolute atomic E-state index is 12.5. The Balaban J connectivity index is 1.60. The summed E-state index contributed by atoms with van der Waals surface area (Å²) in [6.45, 7) is 2.70. The molecule has 0 unspecified atom stereocenters. The summed E-state index contributed by atoms with van der Waals surface area (Å²) in [4.78, 5) is 16.5. The van der Waals surface area contributed by atoms with Gasteiger partial charge in [-0.15, -0.1) is 0 Å². The van der Waals surface area contributed by atoms with Gasteiger partial charge in [-0.05, 0) is 36.4 Å². The number of nitrogens with zero attached hydrogens (tertiary/aromatic N) is 2. The lowest BCUT2D eigenvalue weighted by Gasteiger charge is -2.36. The van der Waals surface area contributed by atoms with Crippen molar-refractivity contribution < 1.29 is 19.0 Å². The van der Waals surface area contributed by atoms with Gasteiger partial charge in [0.1, 0.15) is 17.2 Å². The quantitative estimate of drug-likeness (QED) is 0.875. The number of ether oxygens (including phenoxy) is 3. The van der Waals surface area contributed by atoms with E-state index in [2.05, 4.69) is 10.2 Å². The number of hydrogen-bond donors (Lipinski definition) is 1. The average Bonchev–Trinajstić information content (AvgIpc) is 2.73. The summed E-state index contributed by atoms with van der Waals surface area (Å²) in [7, 11) is 4.92. The molecule has 0 bridgehead atoms. The second-order valence-corrected chi connectivity index (χ2v) is 6.17. The van der Waals surface area contributed by atoms with E-state index in [4.69, 9.17) is 14.2 Å². The van der Waals surface area contributed by atoms with Crippen molar-refractivity contribution in [2.45, 2.75) is 0 Å². The van der Waals surface area contributed by atoms with Crippen LogP contribution in [0.25, 0.3) is 0 Å². The molecule has 2 amide bonds. The number of urea groups is 1. The van der Waals surface area contributed by atoms with Crippen molar-refractivity contribution >= 4 is 17.4 Å². The van der Waals surface area contributed by atoms with Gasteiger partial charge in [0.05, 0.1) is 27.0 Å². The van der Waals surface area contributed by atoms with Crippen LogP contribution in [-0.2, 0) is 0 Å². The van der Waals surface area contributed by atoms with Crippen molar-refractivity contribution in [2.75, 3.05) is 57.7 Å². The molecule has 2 aromatic carbocycles. The minimum Gasteiger partial charge on any atom is -0.497 e. The summed E-state index contributed by atoms with van der Waals surface area (Å²) < 4.78 is 15.9. The predicted molar refractivity (Wildman–Crippen MR) is 105 cm³/mol. The van der Waals surface area contributed by atoms with Crippen LogP contribution in [0.15, 0.2) is 42.5 Å². The molecule has 27 heavy (non-hydrogen) atoms. The molecule has 0 radical (unpaired) electrons. The molecule has 1 heterocycles. The lowest BCUT2D eigenvalue weighted by atomic mass is 10.2. The van der Waals surface area contributed by atoms with E-state index in [0.717, 1.165) is 41.7 Å². The number of carbonyl (C=O) groups is 1. The van der Waals surface area contributed by atoms with E-state index in [1.165, 1.54) is 0 Å². The van der Waals surface area contributed by atoms with Gasteiger partial charge in [-0.2, -0.15) is 0 Å². The number of carbonyl (C=O) groups excluding carboxylic acids is 1. The van der Waals surface area contributed by atoms with Crippen LogP contribution in [0.3, 0.4) is 0 Å². The SMILES string of the molecule is COc1ccc(NC(=O)N2CCN(c3cc(OC)ccc3OC)CC2)cc1. The standard InChI is InChI=1S/C20H25N3O4/c1-25-16-6-4-15(5-7-16)21-20(24)23-12-10-22(11-13-23)18-14-17(26-2)8-9-19(18)27-3/h4-9,14H,10-13H2,1-3H3,(H,21,24). The number of benzene rings is 2. The monoisotopic (exact) mass is 371 g/mol. The largest absolute Gasteiger partial charge is 0.497 e. The smallest absolute Gasteiger partial charge is 0.321 e. The molecule has 1 aliphatic heterocycles. The van der Waals surface area contributed by atoms with Crippen LogP contribution in [0.1, 0.15) is 0 Å². The zero-order valence-electron chi connectivity index (χ0n) is 15.9. The maximum atomic E-state index is 12.5. The highest BCUT2D eigenvalue weighted by atomic mass is 16.5. The van der Waals surface area contributed by atoms with Crippen LogP contribution < -0.4 is 24.4 Å². The molecule has 144 valence electrons. The number of piperazine rings is 1. The van der Waals surface area contributed by atoms with Crippen LogP contribution in [0.5, 0.6) is 17.2 Å². The van der Waals surface area contributed by atoms with Crippen LogP contribution >= 0.6 is 0 Å². The molecule has 1 N–H and O–H groups in total. The number of nitrogens with one attached hydrogen (secondary N) is 1. The molecular weight excluding hydrogens is 346 g/mol. The summed E-state index contributed by atoms with van der Waals surface area (Å²) >= 11 is 0. The molecule has 1 fully saturated rings. The first-order valence-corrected chi connectivity index (χ1v) is 8.81. The van der Waals surface area contributed by atoms with E-state index in [0.29, 0.717) is 13.1 Å². The van der Waals surface area contributed by atoms with Crippen LogP contribution in [0.2, 0.25) is 0 Å². The lowest BCUT2D eigenvalue weighted by molar-refractivity contribution is 0.208. The molecule has 2 aromatic rings. The minimum absolute atomic E-state index is 0.0996. The van der Waals surface area contributed by atoms with Gasteiger partial charge >= 0.3 is 6.03 Å². The number of hydrogen-bond acceptors (Lipinski definition) is 5. The highest BCUT2D eigenvalue weighted by molar-refractivity contribution is 5.89. The summed E-state index contributed by atoms with van der Waals surface area (Å²) in [5.74, 6) is 2.34. The van der Waals surface area contributed by atoms with Gasteiger partial charge in [0.15, 0.2) is 0 Å². The third kappa shape index (κ3) is 4.36. The van der Waals surface area contributed by atoms with E-state index < -0.39 is 0 Å². The van der Waals surface area contributed by atoms with Crippen molar-refractivity contribution in [1.82, 2.24) is 4.90 Å². The first kappa shape index (κ1) is 18.7. The zero-order valence-corrected chi connectivity index (χ0v) is 15.9. The number of anilines is 2. The number of methoxy groups -OCH3 is 3. The fraction of sp³-hybridized carbons (Fsp3) is 0.350. The molecule has 0 atom stereocenters. The Morgan fingerprint density at radius 1 is 0.852 bits per heavy atom. The highest BCUT2D eigenvalue weighted by Crippen LogP contribution is 2.32. The van der Waals surface area contributed by atoms with Crippen LogP contribution in [-0.4, -0.2) is 58.4 Å². The fourth-order valence-electron chi connectivity index (χ4n) is 3.07. The first-order chi connectivity index (χ1) is 13.1. The summed E-state index contributed by atoms with van der Waals surface area (Å²) in [5, 5.41) is 2.93. The van der Waals surface area contributed by atoms with E-state index in [1.54, 1.807) is 21.3 Å². The van der Waals surface area contributed by atoms with E-state index in [-0.39, 0.29) is 6.03 Å². The number of rotatable bonds is 5. The highest BCUT2D eigenvalue weighted by Gasteiger charge is 2.23. The Bertz CT molecular complexity index is 771. The number of amides is 2. The van der Waals surface area contributed by atoms with E-state index >= 15 is 0 Å². The molecule has 7 heteroatoms. The Kier molecular flexibility index (Phi) is 5.90. The Morgan fingerprint density at radius 2 is 1.48 bits per heavy atom. The third-order valence-corrected chi connectivity index (χ3v) is 4.63. The van der Waals surface area contributed by atoms with Crippen molar-refractivity contribution in [1.29, 1.82) is 0 Å². The van der Waals surface area contributed by atoms with Crippen LogP contribution in [0, 0.1) is 0 Å². The van der Waals surface area contributed by atoms with Gasteiger partial charge in [-0.25, -0.2) is 4.79 Å². The summed E-state index contributed by atoms with van der Waals surface area (Å²) in [6, 6.07) is 12.9. The third-order valence-electron chi connectivity index (χ3n) is 4.63. The fourth-order valence-corrected chi connectivity index (χ4v) is 3.07. The molecule has 1 saturated heterocycles. The van der Waals surface area contributed by atoms with Crippen molar-refractivity contribution in [3.63, 3.8) is 0 Å². The van der Waals surface area contributed by atoms with Gasteiger partial charge < -0.3 is 29.3 Å². The van der Waals surface area contributed by atoms with Gasteiger partial charge in [0.25, 0.3) is 0 Å². The molecule has 0 aromatic heterocycles. The molecule has 0 aliphatic carbocycles. The van der Waals surface area contributed by atoms with Gasteiger partial charge in [-0.1, -0.05) is 0 Å². The molecule has 7 nitrogen and oxygen atoms in total. The molecule has 0 saturated carbocycles. The Morgan fingerprint density at radius 3 is 2.07 bits per heavy atom. The van der Waals surface area contributed by atoms with Gasteiger partial charge in [0.2, 0.25) is 0 Å². The maximum Gasteiger partial charge on any atom is 0.321 e. The average molecular weight is 371 g/mol. The second kappa shape index (κ2) is 8.53. The summed E-state index contributed by atoms with van der Waals surface area (Å²) in [5.41, 5.74) is 1.73. The van der Waals surface area contributed by atoms with Crippen molar-refractivity contribution in [3.8, 4) is 17.2 Å². The normalized spacial score (nSPS) is 13.9. The molecule has 0 spiro atoms. The lowest BCUT2D eigenvalue weighted by Crippen LogP contribution is -2.50. The zero-order chi connectivity index (χ0) is 19.2. The second-order valence-electron chi connectivity index (χ2n) is 6.17. The first-order valence-electron chi connectivity index (χ1n) is 8.81. The van der Waals surface area contributed by atoms with Gasteiger partial charge in [0, 0.05) is 37.9 Å². The summed E-state index contributed by atoms with van der Waals surface area (Å²) in [6.07, 6.45) is 0. The van der Waals surface area contributed by atoms with E-state index in [9.17, 15) is 4.79 Å².